The molecule has 2 nitrogen and oxygen atoms in total. The molecule has 3 atom stereocenters. The van der Waals surface area contributed by atoms with Gasteiger partial charge in [-0.25, -0.2) is 0 Å². The Labute approximate surface area is 61.2 Å². The van der Waals surface area contributed by atoms with E-state index in [0.717, 1.165) is 6.42 Å². The number of carbonyl (C=O) groups is 1. The first-order valence-electron chi connectivity index (χ1n) is 3.82. The van der Waals surface area contributed by atoms with Crippen LogP contribution in [-0.4, -0.2) is 17.0 Å². The van der Waals surface area contributed by atoms with Gasteiger partial charge in [-0.15, -0.1) is 0 Å². The maximum absolute atomic E-state index is 11.0. The topological polar surface area (TPSA) is 37.3 Å². The van der Waals surface area contributed by atoms with Crippen molar-refractivity contribution in [2.24, 2.45) is 11.8 Å². The number of ketones is 1. The SMILES string of the molecule is CC1CC(=O)C(O)C(C)C1. The number of carbonyl (C=O) groups excluding carboxylic acids is 1. The lowest BCUT2D eigenvalue weighted by Gasteiger charge is -2.27. The van der Waals surface area contributed by atoms with Gasteiger partial charge in [0.05, 0.1) is 0 Å². The molecular formula is C8H14O2. The monoisotopic (exact) mass is 142 g/mol. The Balaban J connectivity index is 2.57. The third kappa shape index (κ3) is 1.37. The van der Waals surface area contributed by atoms with E-state index in [4.69, 9.17) is 0 Å². The maximum Gasteiger partial charge on any atom is 0.161 e. The molecule has 0 saturated heterocycles. The molecule has 0 radical (unpaired) electrons. The maximum atomic E-state index is 11.0. The molecule has 1 rings (SSSR count). The Morgan fingerprint density at radius 3 is 2.60 bits per heavy atom. The van der Waals surface area contributed by atoms with Crippen LogP contribution in [0.3, 0.4) is 0 Å². The summed E-state index contributed by atoms with van der Waals surface area (Å²) in [5.41, 5.74) is 0. The van der Waals surface area contributed by atoms with Gasteiger partial charge >= 0.3 is 0 Å². The minimum atomic E-state index is -0.684. The summed E-state index contributed by atoms with van der Waals surface area (Å²) in [5, 5.41) is 9.21. The van der Waals surface area contributed by atoms with Crippen LogP contribution in [0, 0.1) is 11.8 Å². The molecule has 0 aromatic rings. The van der Waals surface area contributed by atoms with Gasteiger partial charge in [-0.05, 0) is 18.3 Å². The molecule has 0 spiro atoms. The van der Waals surface area contributed by atoms with Crippen LogP contribution >= 0.6 is 0 Å². The van der Waals surface area contributed by atoms with Gasteiger partial charge in [-0.1, -0.05) is 13.8 Å². The Bertz CT molecular complexity index is 142. The second-order valence-electron chi connectivity index (χ2n) is 3.43. The first-order valence-corrected chi connectivity index (χ1v) is 3.82. The molecule has 10 heavy (non-hydrogen) atoms. The molecule has 1 N–H and O–H groups in total. The molecular weight excluding hydrogens is 128 g/mol. The Morgan fingerprint density at radius 2 is 2.10 bits per heavy atom. The van der Waals surface area contributed by atoms with Gasteiger partial charge in [0.25, 0.3) is 0 Å². The van der Waals surface area contributed by atoms with E-state index in [2.05, 4.69) is 6.92 Å². The van der Waals surface area contributed by atoms with E-state index >= 15 is 0 Å². The van der Waals surface area contributed by atoms with Crippen molar-refractivity contribution >= 4 is 5.78 Å². The zero-order valence-electron chi connectivity index (χ0n) is 6.50. The number of aliphatic hydroxyl groups is 1. The third-order valence-electron chi connectivity index (χ3n) is 2.19. The molecule has 1 aliphatic carbocycles. The highest BCUT2D eigenvalue weighted by molar-refractivity contribution is 5.84. The summed E-state index contributed by atoms with van der Waals surface area (Å²) >= 11 is 0. The van der Waals surface area contributed by atoms with Gasteiger partial charge in [-0.2, -0.15) is 0 Å². The van der Waals surface area contributed by atoms with Crippen LogP contribution in [0.25, 0.3) is 0 Å². The van der Waals surface area contributed by atoms with Crippen LogP contribution in [0.4, 0.5) is 0 Å². The Morgan fingerprint density at radius 1 is 1.50 bits per heavy atom. The lowest BCUT2D eigenvalue weighted by atomic mass is 9.81. The van der Waals surface area contributed by atoms with E-state index in [0.29, 0.717) is 12.3 Å². The highest BCUT2D eigenvalue weighted by Gasteiger charge is 2.30. The van der Waals surface area contributed by atoms with Crippen LogP contribution < -0.4 is 0 Å². The normalized spacial score (nSPS) is 41.9. The summed E-state index contributed by atoms with van der Waals surface area (Å²) in [6, 6.07) is 0. The fraction of sp³-hybridized carbons (Fsp3) is 0.875. The summed E-state index contributed by atoms with van der Waals surface area (Å²) < 4.78 is 0. The van der Waals surface area contributed by atoms with Crippen molar-refractivity contribution in [1.82, 2.24) is 0 Å². The fourth-order valence-corrected chi connectivity index (χ4v) is 1.63. The summed E-state index contributed by atoms with van der Waals surface area (Å²) in [5.74, 6) is 0.647. The van der Waals surface area contributed by atoms with Gasteiger partial charge in [0.2, 0.25) is 0 Å². The molecule has 2 heteroatoms. The van der Waals surface area contributed by atoms with E-state index in [1.165, 1.54) is 0 Å². The van der Waals surface area contributed by atoms with Crippen LogP contribution in [0.1, 0.15) is 26.7 Å². The van der Waals surface area contributed by atoms with Crippen LogP contribution in [-0.2, 0) is 4.79 Å². The highest BCUT2D eigenvalue weighted by atomic mass is 16.3. The summed E-state index contributed by atoms with van der Waals surface area (Å²) in [6.07, 6.45) is 0.856. The average Bonchev–Trinajstić information content (AvgIpc) is 1.82. The van der Waals surface area contributed by atoms with E-state index in [9.17, 15) is 9.90 Å². The van der Waals surface area contributed by atoms with Crippen molar-refractivity contribution < 1.29 is 9.90 Å². The van der Waals surface area contributed by atoms with Gasteiger partial charge < -0.3 is 5.11 Å². The molecule has 1 fully saturated rings. The molecule has 58 valence electrons. The molecule has 0 aromatic carbocycles. The van der Waals surface area contributed by atoms with Crippen molar-refractivity contribution in [3.63, 3.8) is 0 Å². The lowest BCUT2D eigenvalue weighted by molar-refractivity contribution is -0.133. The first-order chi connectivity index (χ1) is 4.61. The molecule has 1 saturated carbocycles. The van der Waals surface area contributed by atoms with E-state index in [1.54, 1.807) is 0 Å². The number of hydrogen-bond acceptors (Lipinski definition) is 2. The van der Waals surface area contributed by atoms with Crippen molar-refractivity contribution in [3.05, 3.63) is 0 Å². The smallest absolute Gasteiger partial charge is 0.161 e. The average molecular weight is 142 g/mol. The number of aliphatic hydroxyl groups excluding tert-OH is 1. The molecule has 0 aliphatic heterocycles. The largest absolute Gasteiger partial charge is 0.385 e. The first kappa shape index (κ1) is 7.73. The van der Waals surface area contributed by atoms with Gasteiger partial charge in [0.1, 0.15) is 6.10 Å². The zero-order valence-corrected chi connectivity index (χ0v) is 6.50. The number of Topliss-reactive ketones (excluding diaryl/α,β-unsaturated/α-hetero) is 1. The minimum Gasteiger partial charge on any atom is -0.385 e. The number of rotatable bonds is 0. The molecule has 3 unspecified atom stereocenters. The quantitative estimate of drug-likeness (QED) is 0.547. The van der Waals surface area contributed by atoms with Gasteiger partial charge in [0, 0.05) is 6.42 Å². The molecule has 0 bridgehead atoms. The van der Waals surface area contributed by atoms with Crippen LogP contribution in [0.5, 0.6) is 0 Å². The molecule has 0 amide bonds. The van der Waals surface area contributed by atoms with E-state index < -0.39 is 6.10 Å². The van der Waals surface area contributed by atoms with E-state index in [1.807, 2.05) is 6.92 Å². The second kappa shape index (κ2) is 2.70. The van der Waals surface area contributed by atoms with E-state index in [-0.39, 0.29) is 11.7 Å². The van der Waals surface area contributed by atoms with Crippen molar-refractivity contribution in [2.45, 2.75) is 32.8 Å². The molecule has 1 aliphatic rings. The fourth-order valence-electron chi connectivity index (χ4n) is 1.63. The van der Waals surface area contributed by atoms with Crippen molar-refractivity contribution in [1.29, 1.82) is 0 Å². The van der Waals surface area contributed by atoms with Crippen LogP contribution in [0.15, 0.2) is 0 Å². The standard InChI is InChI=1S/C8H14O2/c1-5-3-6(2)8(10)7(9)4-5/h5-6,8,10H,3-4H2,1-2H3. The Hall–Kier alpha value is -0.370. The number of hydrogen-bond donors (Lipinski definition) is 1. The summed E-state index contributed by atoms with van der Waals surface area (Å²) in [4.78, 5) is 11.0. The Kier molecular flexibility index (Phi) is 2.09. The van der Waals surface area contributed by atoms with Gasteiger partial charge in [-0.3, -0.25) is 4.79 Å². The predicted molar refractivity (Wildman–Crippen MR) is 38.6 cm³/mol. The highest BCUT2D eigenvalue weighted by Crippen LogP contribution is 2.25. The second-order valence-corrected chi connectivity index (χ2v) is 3.43. The van der Waals surface area contributed by atoms with Crippen molar-refractivity contribution in [3.8, 4) is 0 Å². The lowest BCUT2D eigenvalue weighted by Crippen LogP contribution is -2.35. The third-order valence-corrected chi connectivity index (χ3v) is 2.19. The predicted octanol–water partition coefficient (Wildman–Crippen LogP) is 0.982. The molecule has 0 heterocycles. The van der Waals surface area contributed by atoms with Crippen LogP contribution in [0.2, 0.25) is 0 Å². The molecule has 0 aromatic heterocycles. The van der Waals surface area contributed by atoms with Gasteiger partial charge in [0.15, 0.2) is 5.78 Å². The van der Waals surface area contributed by atoms with Crippen molar-refractivity contribution in [2.75, 3.05) is 0 Å². The summed E-state index contributed by atoms with van der Waals surface area (Å²) in [7, 11) is 0. The minimum absolute atomic E-state index is 0.0197. The summed E-state index contributed by atoms with van der Waals surface area (Å²) in [6.45, 7) is 3.98. The zero-order chi connectivity index (χ0) is 7.72.